The highest BCUT2D eigenvalue weighted by Crippen LogP contribution is 2.37. The highest BCUT2D eigenvalue weighted by atomic mass is 16.6. The van der Waals surface area contributed by atoms with Crippen LogP contribution in [0.4, 0.5) is 4.79 Å². The Balaban J connectivity index is 1.44. The number of nitrogens with zero attached hydrogens (tertiary/aromatic N) is 5. The molecule has 2 amide bonds. The summed E-state index contributed by atoms with van der Waals surface area (Å²) in [6, 6.07) is 15.8. The van der Waals surface area contributed by atoms with Crippen molar-refractivity contribution in [3.05, 3.63) is 77.7 Å². The van der Waals surface area contributed by atoms with Crippen molar-refractivity contribution in [1.29, 1.82) is 0 Å². The lowest BCUT2D eigenvalue weighted by Crippen LogP contribution is -2.36. The number of imidazole rings is 1. The number of hydrogen-bond acceptors (Lipinski definition) is 8. The van der Waals surface area contributed by atoms with E-state index in [2.05, 4.69) is 27.4 Å². The minimum Gasteiger partial charge on any atom is -0.444 e. The summed E-state index contributed by atoms with van der Waals surface area (Å²) in [6.45, 7) is 11.4. The quantitative estimate of drug-likeness (QED) is 0.125. The number of fused-ring (bicyclic) bond motifs is 1. The molecule has 3 aromatic heterocycles. The molecule has 12 nitrogen and oxygen atoms in total. The van der Waals surface area contributed by atoms with Crippen molar-refractivity contribution in [2.75, 3.05) is 26.3 Å². The maximum atomic E-state index is 13.4. The maximum Gasteiger partial charge on any atom is 0.410 e. The zero-order valence-corrected chi connectivity index (χ0v) is 30.0. The van der Waals surface area contributed by atoms with E-state index in [4.69, 9.17) is 19.6 Å². The molecule has 1 aliphatic heterocycles. The van der Waals surface area contributed by atoms with E-state index in [1.54, 1.807) is 11.1 Å². The van der Waals surface area contributed by atoms with Gasteiger partial charge in [-0.2, -0.15) is 5.10 Å². The van der Waals surface area contributed by atoms with E-state index < -0.39 is 5.60 Å². The summed E-state index contributed by atoms with van der Waals surface area (Å²) in [4.78, 5) is 40.9. The average Bonchev–Trinajstić information content (AvgIpc) is 3.73. The molecule has 1 fully saturated rings. The zero-order chi connectivity index (χ0) is 36.1. The largest absolute Gasteiger partial charge is 0.444 e. The lowest BCUT2D eigenvalue weighted by molar-refractivity contribution is -0.0365. The van der Waals surface area contributed by atoms with Crippen LogP contribution in [0.2, 0.25) is 0 Å². The molecule has 12 heteroatoms. The number of ether oxygens (including phenoxy) is 2. The molecular formula is C39H47N7O5. The van der Waals surface area contributed by atoms with E-state index in [0.717, 1.165) is 58.0 Å². The summed E-state index contributed by atoms with van der Waals surface area (Å²) < 4.78 is 13.8. The molecule has 0 aliphatic carbocycles. The van der Waals surface area contributed by atoms with Crippen molar-refractivity contribution in [2.24, 2.45) is 0 Å². The second-order valence-electron chi connectivity index (χ2n) is 13.8. The zero-order valence-electron chi connectivity index (χ0n) is 30.0. The fraction of sp³-hybridized carbons (Fsp3) is 0.410. The van der Waals surface area contributed by atoms with Gasteiger partial charge in [-0.15, -0.1) is 0 Å². The second kappa shape index (κ2) is 15.4. The summed E-state index contributed by atoms with van der Waals surface area (Å²) in [7, 11) is 0. The van der Waals surface area contributed by atoms with Gasteiger partial charge in [0, 0.05) is 55.2 Å². The molecule has 3 N–H and O–H groups in total. The number of aromatic amines is 1. The molecule has 5 aromatic rings. The Morgan fingerprint density at radius 2 is 1.90 bits per heavy atom. The molecule has 268 valence electrons. The molecule has 1 unspecified atom stereocenters. The van der Waals surface area contributed by atoms with E-state index in [9.17, 15) is 14.7 Å². The van der Waals surface area contributed by atoms with Crippen molar-refractivity contribution in [2.45, 2.75) is 78.7 Å². The monoisotopic (exact) mass is 693 g/mol. The predicted octanol–water partition coefficient (Wildman–Crippen LogP) is 7.03. The molecule has 4 heterocycles. The van der Waals surface area contributed by atoms with E-state index in [1.165, 1.54) is 0 Å². The third-order valence-electron chi connectivity index (χ3n) is 8.98. The van der Waals surface area contributed by atoms with E-state index in [1.807, 2.05) is 81.9 Å². The third kappa shape index (κ3) is 7.97. The number of H-pyrrole nitrogens is 1. The van der Waals surface area contributed by atoms with Gasteiger partial charge in [0.15, 0.2) is 12.1 Å². The Morgan fingerprint density at radius 1 is 1.10 bits per heavy atom. The van der Waals surface area contributed by atoms with Crippen molar-refractivity contribution < 1.29 is 24.2 Å². The van der Waals surface area contributed by atoms with Crippen LogP contribution < -0.4 is 5.32 Å². The Kier molecular flexibility index (Phi) is 10.8. The number of nitrogens with one attached hydrogen (secondary N) is 2. The van der Waals surface area contributed by atoms with Gasteiger partial charge >= 0.3 is 6.09 Å². The maximum absolute atomic E-state index is 13.4. The van der Waals surface area contributed by atoms with E-state index in [-0.39, 0.29) is 24.8 Å². The Bertz CT molecular complexity index is 1990. The highest BCUT2D eigenvalue weighted by molar-refractivity contribution is 6.01. The Labute approximate surface area is 298 Å². The molecule has 0 bridgehead atoms. The minimum absolute atomic E-state index is 0.0203. The van der Waals surface area contributed by atoms with Crippen molar-refractivity contribution in [3.63, 3.8) is 0 Å². The van der Waals surface area contributed by atoms with Crippen LogP contribution >= 0.6 is 0 Å². The van der Waals surface area contributed by atoms with Crippen LogP contribution in [-0.4, -0.2) is 78.6 Å². The molecular weight excluding hydrogens is 646 g/mol. The van der Waals surface area contributed by atoms with Crippen molar-refractivity contribution in [1.82, 2.24) is 34.9 Å². The molecule has 0 spiro atoms. The number of aliphatic hydroxyl groups is 1. The topological polar surface area (TPSA) is 147 Å². The lowest BCUT2D eigenvalue weighted by atomic mass is 9.97. The average molecular weight is 694 g/mol. The number of pyridine rings is 1. The van der Waals surface area contributed by atoms with Crippen LogP contribution in [0.25, 0.3) is 44.8 Å². The van der Waals surface area contributed by atoms with Gasteiger partial charge in [0.25, 0.3) is 5.91 Å². The molecule has 0 saturated carbocycles. The second-order valence-corrected chi connectivity index (χ2v) is 13.8. The summed E-state index contributed by atoms with van der Waals surface area (Å²) in [5.74, 6) is 0.143. The number of carbonyl (C=O) groups excluding carboxylic acids is 2. The van der Waals surface area contributed by atoms with Crippen LogP contribution in [-0.2, 0) is 16.0 Å². The lowest BCUT2D eigenvalue weighted by Gasteiger charge is -2.27. The highest BCUT2D eigenvalue weighted by Gasteiger charge is 2.27. The van der Waals surface area contributed by atoms with Gasteiger partial charge in [-0.25, -0.2) is 14.5 Å². The van der Waals surface area contributed by atoms with Gasteiger partial charge < -0.3 is 29.8 Å². The van der Waals surface area contributed by atoms with E-state index in [0.29, 0.717) is 55.6 Å². The molecule has 0 radical (unpaired) electrons. The smallest absolute Gasteiger partial charge is 0.410 e. The number of amides is 2. The van der Waals surface area contributed by atoms with Crippen LogP contribution in [0, 0.1) is 6.92 Å². The van der Waals surface area contributed by atoms with Crippen LogP contribution in [0.5, 0.6) is 0 Å². The molecule has 6 rings (SSSR count). The summed E-state index contributed by atoms with van der Waals surface area (Å²) in [5, 5.41) is 18.1. The van der Waals surface area contributed by atoms with Gasteiger partial charge in [0.2, 0.25) is 0 Å². The van der Waals surface area contributed by atoms with Gasteiger partial charge in [-0.1, -0.05) is 36.4 Å². The number of carbonyl (C=O) groups is 2. The third-order valence-corrected chi connectivity index (χ3v) is 8.98. The number of hydrogen-bond donors (Lipinski definition) is 3. The summed E-state index contributed by atoms with van der Waals surface area (Å²) >= 11 is 0. The summed E-state index contributed by atoms with van der Waals surface area (Å²) in [6.07, 6.45) is 6.36. The first-order valence-corrected chi connectivity index (χ1v) is 17.7. The van der Waals surface area contributed by atoms with Gasteiger partial charge in [0.1, 0.15) is 22.7 Å². The normalized spacial score (nSPS) is 14.8. The fourth-order valence-electron chi connectivity index (χ4n) is 6.30. The fourth-order valence-corrected chi connectivity index (χ4v) is 6.30. The number of aliphatic hydroxyl groups excluding tert-OH is 1. The van der Waals surface area contributed by atoms with Crippen LogP contribution in [0.15, 0.2) is 60.9 Å². The van der Waals surface area contributed by atoms with E-state index >= 15 is 0 Å². The van der Waals surface area contributed by atoms with Crippen molar-refractivity contribution >= 4 is 22.9 Å². The van der Waals surface area contributed by atoms with Gasteiger partial charge in [-0.3, -0.25) is 9.78 Å². The van der Waals surface area contributed by atoms with Crippen molar-refractivity contribution in [3.8, 4) is 33.9 Å². The Morgan fingerprint density at radius 3 is 2.61 bits per heavy atom. The number of rotatable bonds is 11. The van der Waals surface area contributed by atoms with Gasteiger partial charge in [-0.05, 0) is 89.1 Å². The predicted molar refractivity (Wildman–Crippen MR) is 196 cm³/mol. The SMILES string of the molecule is CCN(Cc1cncc(-c2ccc3c(c2)c(-c2nc(-c4ccccc4)c(C(=O)NCCCO)[nH]2)nn3C2CCCCO2)c1C)C(=O)OC(C)(C)C. The van der Waals surface area contributed by atoms with Crippen LogP contribution in [0.3, 0.4) is 0 Å². The number of aromatic nitrogens is 5. The summed E-state index contributed by atoms with van der Waals surface area (Å²) in [5.41, 5.74) is 6.28. The first-order chi connectivity index (χ1) is 24.6. The molecule has 1 saturated heterocycles. The minimum atomic E-state index is -0.597. The van der Waals surface area contributed by atoms with Crippen LogP contribution in [0.1, 0.15) is 81.2 Å². The molecule has 2 aromatic carbocycles. The Hall–Kier alpha value is -5.07. The molecule has 1 atom stereocenters. The first kappa shape index (κ1) is 35.7. The number of benzene rings is 2. The molecule has 1 aliphatic rings. The van der Waals surface area contributed by atoms with Gasteiger partial charge in [0.05, 0.1) is 12.1 Å². The standard InChI is InChI=1S/C39H47N7O5/c1-6-45(38(49)51-39(3,4)5)24-28-22-40-23-30(25(28)2)27-16-17-31-29(21-27)34(44-46(31)32-15-10-11-20-50-32)36-42-33(26-13-8-7-9-14-26)35(43-36)37(48)41-18-12-19-47/h7-9,13-14,16-17,21-23,32,47H,6,10-12,15,18-20,24H2,1-5H3,(H,41,48)(H,42,43). The molecule has 51 heavy (non-hydrogen) atoms. The first-order valence-electron chi connectivity index (χ1n) is 17.7.